The first-order valence-corrected chi connectivity index (χ1v) is 6.12. The zero-order valence-electron chi connectivity index (χ0n) is 9.79. The minimum absolute atomic E-state index is 0.603. The summed E-state index contributed by atoms with van der Waals surface area (Å²) in [5.74, 6) is 0.887. The van der Waals surface area contributed by atoms with Crippen molar-refractivity contribution in [3.05, 3.63) is 35.4 Å². The highest BCUT2D eigenvalue weighted by atomic mass is 14.9. The van der Waals surface area contributed by atoms with Crippen LogP contribution in [-0.4, -0.2) is 6.54 Å². The lowest BCUT2D eigenvalue weighted by molar-refractivity contribution is 0.479. The van der Waals surface area contributed by atoms with Crippen LogP contribution >= 0.6 is 0 Å². The predicted molar refractivity (Wildman–Crippen MR) is 64.9 cm³/mol. The molecule has 1 N–H and O–H groups in total. The third-order valence-corrected chi connectivity index (χ3v) is 3.23. The van der Waals surface area contributed by atoms with Crippen LogP contribution in [0.15, 0.2) is 24.3 Å². The minimum atomic E-state index is 0.603. The number of hydrogen-bond acceptors (Lipinski definition) is 1. The van der Waals surface area contributed by atoms with Crippen molar-refractivity contribution in [1.29, 1.82) is 0 Å². The van der Waals surface area contributed by atoms with Gasteiger partial charge in [-0.1, -0.05) is 31.2 Å². The van der Waals surface area contributed by atoms with E-state index in [1.165, 1.54) is 30.4 Å². The van der Waals surface area contributed by atoms with Crippen LogP contribution in [0.3, 0.4) is 0 Å². The molecule has 82 valence electrons. The van der Waals surface area contributed by atoms with Crippen molar-refractivity contribution < 1.29 is 0 Å². The molecule has 1 atom stereocenters. The quantitative estimate of drug-likeness (QED) is 0.773. The van der Waals surface area contributed by atoms with Crippen LogP contribution in [0.4, 0.5) is 0 Å². The third kappa shape index (κ3) is 2.60. The number of rotatable bonds is 5. The highest BCUT2D eigenvalue weighted by Crippen LogP contribution is 2.41. The first kappa shape index (κ1) is 10.7. The number of aryl methyl sites for hydroxylation is 1. The van der Waals surface area contributed by atoms with E-state index in [2.05, 4.69) is 43.4 Å². The summed E-state index contributed by atoms with van der Waals surface area (Å²) in [6.45, 7) is 5.59. The monoisotopic (exact) mass is 203 g/mol. The van der Waals surface area contributed by atoms with Gasteiger partial charge in [-0.25, -0.2) is 0 Å². The van der Waals surface area contributed by atoms with E-state index in [0.29, 0.717) is 6.04 Å². The molecule has 1 aromatic rings. The number of benzene rings is 1. The van der Waals surface area contributed by atoms with Crippen molar-refractivity contribution in [3.63, 3.8) is 0 Å². The second kappa shape index (κ2) is 4.80. The molecule has 1 fully saturated rings. The molecule has 0 aromatic heterocycles. The molecule has 1 saturated carbocycles. The molecule has 0 spiro atoms. The molecule has 0 bridgehead atoms. The lowest BCUT2D eigenvalue weighted by Crippen LogP contribution is -2.24. The van der Waals surface area contributed by atoms with Crippen LogP contribution in [-0.2, 0) is 0 Å². The lowest BCUT2D eigenvalue weighted by Gasteiger charge is -2.20. The van der Waals surface area contributed by atoms with E-state index in [1.807, 2.05) is 0 Å². The van der Waals surface area contributed by atoms with Crippen LogP contribution in [0.5, 0.6) is 0 Å². The van der Waals surface area contributed by atoms with E-state index in [4.69, 9.17) is 0 Å². The first-order valence-electron chi connectivity index (χ1n) is 6.12. The van der Waals surface area contributed by atoms with Gasteiger partial charge < -0.3 is 5.32 Å². The van der Waals surface area contributed by atoms with Gasteiger partial charge in [-0.15, -0.1) is 0 Å². The highest BCUT2D eigenvalue weighted by molar-refractivity contribution is 5.30. The Morgan fingerprint density at radius 1 is 1.33 bits per heavy atom. The molecule has 1 nitrogen and oxygen atoms in total. The summed E-state index contributed by atoms with van der Waals surface area (Å²) in [6.07, 6.45) is 4.01. The minimum Gasteiger partial charge on any atom is -0.310 e. The van der Waals surface area contributed by atoms with Gasteiger partial charge in [0.25, 0.3) is 0 Å². The summed E-state index contributed by atoms with van der Waals surface area (Å²) in [5.41, 5.74) is 2.94. The molecular formula is C14H21N. The van der Waals surface area contributed by atoms with Crippen molar-refractivity contribution in [2.24, 2.45) is 5.92 Å². The maximum atomic E-state index is 3.69. The van der Waals surface area contributed by atoms with Crippen LogP contribution in [0.2, 0.25) is 0 Å². The Bertz CT molecular complexity index is 315. The van der Waals surface area contributed by atoms with Crippen molar-refractivity contribution in [2.75, 3.05) is 6.54 Å². The molecule has 0 aliphatic heterocycles. The Morgan fingerprint density at radius 2 is 2.07 bits per heavy atom. The summed E-state index contributed by atoms with van der Waals surface area (Å²) in [6, 6.07) is 9.39. The lowest BCUT2D eigenvalue weighted by atomic mass is 9.97. The Balaban J connectivity index is 2.13. The second-order valence-electron chi connectivity index (χ2n) is 4.63. The zero-order chi connectivity index (χ0) is 10.7. The smallest absolute Gasteiger partial charge is 0.0351 e. The average molecular weight is 203 g/mol. The van der Waals surface area contributed by atoms with Gasteiger partial charge in [0, 0.05) is 6.04 Å². The fourth-order valence-electron chi connectivity index (χ4n) is 2.20. The molecule has 2 rings (SSSR count). The Kier molecular flexibility index (Phi) is 3.42. The summed E-state index contributed by atoms with van der Waals surface area (Å²) in [4.78, 5) is 0. The fraction of sp³-hybridized carbons (Fsp3) is 0.571. The molecule has 1 aliphatic rings. The molecule has 0 radical (unpaired) electrons. The highest BCUT2D eigenvalue weighted by Gasteiger charge is 2.32. The SMILES string of the molecule is CCCNC(c1ccccc1C)C1CC1. The molecule has 0 amide bonds. The number of nitrogens with one attached hydrogen (secondary N) is 1. The van der Waals surface area contributed by atoms with E-state index in [-0.39, 0.29) is 0 Å². The second-order valence-corrected chi connectivity index (χ2v) is 4.63. The largest absolute Gasteiger partial charge is 0.310 e. The van der Waals surface area contributed by atoms with Gasteiger partial charge in [0.15, 0.2) is 0 Å². The van der Waals surface area contributed by atoms with Crippen molar-refractivity contribution in [3.8, 4) is 0 Å². The van der Waals surface area contributed by atoms with Gasteiger partial charge >= 0.3 is 0 Å². The summed E-state index contributed by atoms with van der Waals surface area (Å²) >= 11 is 0. The first-order chi connectivity index (χ1) is 7.33. The average Bonchev–Trinajstić information content (AvgIpc) is 3.05. The molecule has 1 heteroatoms. The summed E-state index contributed by atoms with van der Waals surface area (Å²) in [5, 5.41) is 3.69. The fourth-order valence-corrected chi connectivity index (χ4v) is 2.20. The van der Waals surface area contributed by atoms with Crippen molar-refractivity contribution in [1.82, 2.24) is 5.32 Å². The van der Waals surface area contributed by atoms with Gasteiger partial charge in [-0.3, -0.25) is 0 Å². The summed E-state index contributed by atoms with van der Waals surface area (Å²) < 4.78 is 0. The van der Waals surface area contributed by atoms with E-state index in [0.717, 1.165) is 12.5 Å². The van der Waals surface area contributed by atoms with Crippen LogP contribution in [0, 0.1) is 12.8 Å². The number of hydrogen-bond donors (Lipinski definition) is 1. The Labute approximate surface area is 92.9 Å². The van der Waals surface area contributed by atoms with Crippen LogP contribution in [0.25, 0.3) is 0 Å². The Morgan fingerprint density at radius 3 is 2.67 bits per heavy atom. The van der Waals surface area contributed by atoms with E-state index >= 15 is 0 Å². The predicted octanol–water partition coefficient (Wildman–Crippen LogP) is 3.45. The standard InChI is InChI=1S/C14H21N/c1-3-10-15-14(12-8-9-12)13-7-5-4-6-11(13)2/h4-7,12,14-15H,3,8-10H2,1-2H3. The van der Waals surface area contributed by atoms with E-state index in [9.17, 15) is 0 Å². The summed E-state index contributed by atoms with van der Waals surface area (Å²) in [7, 11) is 0. The van der Waals surface area contributed by atoms with E-state index < -0.39 is 0 Å². The molecule has 1 aromatic carbocycles. The normalized spacial score (nSPS) is 17.7. The van der Waals surface area contributed by atoms with Gasteiger partial charge in [0.1, 0.15) is 0 Å². The van der Waals surface area contributed by atoms with E-state index in [1.54, 1.807) is 0 Å². The molecule has 15 heavy (non-hydrogen) atoms. The van der Waals surface area contributed by atoms with Gasteiger partial charge in [-0.05, 0) is 49.8 Å². The molecule has 1 unspecified atom stereocenters. The van der Waals surface area contributed by atoms with Crippen molar-refractivity contribution >= 4 is 0 Å². The van der Waals surface area contributed by atoms with Crippen LogP contribution < -0.4 is 5.32 Å². The molecular weight excluding hydrogens is 182 g/mol. The van der Waals surface area contributed by atoms with Crippen molar-refractivity contribution in [2.45, 2.75) is 39.2 Å². The van der Waals surface area contributed by atoms with Gasteiger partial charge in [0.2, 0.25) is 0 Å². The maximum absolute atomic E-state index is 3.69. The Hall–Kier alpha value is -0.820. The third-order valence-electron chi connectivity index (χ3n) is 3.23. The zero-order valence-corrected chi connectivity index (χ0v) is 9.79. The van der Waals surface area contributed by atoms with Gasteiger partial charge in [-0.2, -0.15) is 0 Å². The van der Waals surface area contributed by atoms with Crippen LogP contribution in [0.1, 0.15) is 43.4 Å². The molecule has 1 aliphatic carbocycles. The molecule has 0 saturated heterocycles. The molecule has 0 heterocycles. The topological polar surface area (TPSA) is 12.0 Å². The maximum Gasteiger partial charge on any atom is 0.0351 e. The van der Waals surface area contributed by atoms with Gasteiger partial charge in [0.05, 0.1) is 0 Å².